The maximum Gasteiger partial charge on any atom is 0.0329 e. The molecular weight excluding hydrogens is 300 g/mol. The quantitative estimate of drug-likeness (QED) is 0.881. The van der Waals surface area contributed by atoms with Crippen molar-refractivity contribution in [3.8, 4) is 0 Å². The van der Waals surface area contributed by atoms with Crippen molar-refractivity contribution in [2.24, 2.45) is 0 Å². The first kappa shape index (κ1) is 15.0. The molecule has 0 saturated carbocycles. The van der Waals surface area contributed by atoms with E-state index in [1.54, 1.807) is 0 Å². The average Bonchev–Trinajstić information content (AvgIpc) is 2.71. The van der Waals surface area contributed by atoms with Gasteiger partial charge in [-0.25, -0.2) is 0 Å². The van der Waals surface area contributed by atoms with E-state index < -0.39 is 0 Å². The monoisotopic (exact) mass is 324 g/mol. The lowest BCUT2D eigenvalue weighted by Gasteiger charge is -2.32. The molecule has 0 radical (unpaired) electrons. The fraction of sp³-hybridized carbons (Fsp3) is 0.625. The lowest BCUT2D eigenvalue weighted by atomic mass is 10.00. The zero-order valence-corrected chi connectivity index (χ0v) is 13.8. The fourth-order valence-corrected chi connectivity index (χ4v) is 3.30. The molecule has 2 nitrogen and oxygen atoms in total. The predicted molar refractivity (Wildman–Crippen MR) is 85.4 cm³/mol. The van der Waals surface area contributed by atoms with E-state index in [9.17, 15) is 0 Å². The van der Waals surface area contributed by atoms with Gasteiger partial charge < -0.3 is 5.32 Å². The molecular formula is C16H25BrN2. The van der Waals surface area contributed by atoms with Gasteiger partial charge in [0, 0.05) is 22.6 Å². The minimum absolute atomic E-state index is 0.387. The van der Waals surface area contributed by atoms with Gasteiger partial charge in [0.15, 0.2) is 0 Å². The summed E-state index contributed by atoms with van der Waals surface area (Å²) in [5, 5.41) is 3.45. The van der Waals surface area contributed by atoms with Crippen LogP contribution >= 0.6 is 15.9 Å². The number of rotatable bonds is 5. The molecule has 2 rings (SSSR count). The highest BCUT2D eigenvalue weighted by molar-refractivity contribution is 9.10. The van der Waals surface area contributed by atoms with Crippen LogP contribution < -0.4 is 5.32 Å². The van der Waals surface area contributed by atoms with E-state index in [2.05, 4.69) is 71.3 Å². The molecule has 19 heavy (non-hydrogen) atoms. The third kappa shape index (κ3) is 3.80. The molecule has 3 heteroatoms. The molecule has 0 aromatic heterocycles. The first-order valence-corrected chi connectivity index (χ1v) is 8.00. The number of likely N-dealkylation sites (tertiary alicyclic amines) is 1. The maximum absolute atomic E-state index is 3.50. The smallest absolute Gasteiger partial charge is 0.0329 e. The zero-order chi connectivity index (χ0) is 13.9. The minimum atomic E-state index is 0.387. The summed E-state index contributed by atoms with van der Waals surface area (Å²) in [5.41, 5.74) is 1.76. The van der Waals surface area contributed by atoms with Gasteiger partial charge in [-0.05, 0) is 64.4 Å². The largest absolute Gasteiger partial charge is 0.313 e. The van der Waals surface area contributed by atoms with E-state index in [1.807, 2.05) is 0 Å². The SMILES string of the molecule is CNC(CCN1CCCC1(C)C)c1ccc(Br)cc1. The second-order valence-corrected chi connectivity index (χ2v) is 7.00. The van der Waals surface area contributed by atoms with Gasteiger partial charge in [0.1, 0.15) is 0 Å². The van der Waals surface area contributed by atoms with Crippen LogP contribution in [-0.2, 0) is 0 Å². The van der Waals surface area contributed by atoms with Gasteiger partial charge in [-0.3, -0.25) is 4.90 Å². The lowest BCUT2D eigenvalue weighted by molar-refractivity contribution is 0.167. The van der Waals surface area contributed by atoms with Gasteiger partial charge in [-0.2, -0.15) is 0 Å². The molecule has 1 unspecified atom stereocenters. The Balaban J connectivity index is 1.94. The Morgan fingerprint density at radius 1 is 1.32 bits per heavy atom. The topological polar surface area (TPSA) is 15.3 Å². The molecule has 0 spiro atoms. The molecule has 1 atom stereocenters. The van der Waals surface area contributed by atoms with Crippen LogP contribution in [0.2, 0.25) is 0 Å². The first-order valence-electron chi connectivity index (χ1n) is 7.21. The van der Waals surface area contributed by atoms with E-state index in [0.717, 1.165) is 4.47 Å². The van der Waals surface area contributed by atoms with Crippen molar-refractivity contribution in [1.82, 2.24) is 10.2 Å². The average molecular weight is 325 g/mol. The molecule has 1 heterocycles. The van der Waals surface area contributed by atoms with Gasteiger partial charge in [0.2, 0.25) is 0 Å². The zero-order valence-electron chi connectivity index (χ0n) is 12.2. The number of hydrogen-bond acceptors (Lipinski definition) is 2. The second kappa shape index (κ2) is 6.38. The standard InChI is InChI=1S/C16H25BrN2/c1-16(2)10-4-11-19(16)12-9-15(18-3)13-5-7-14(17)8-6-13/h5-8,15,18H,4,9-12H2,1-3H3. The molecule has 1 aromatic carbocycles. The molecule has 1 aromatic rings. The van der Waals surface area contributed by atoms with E-state index in [0.29, 0.717) is 11.6 Å². The highest BCUT2D eigenvalue weighted by atomic mass is 79.9. The van der Waals surface area contributed by atoms with Crippen LogP contribution in [0.5, 0.6) is 0 Å². The van der Waals surface area contributed by atoms with Crippen LogP contribution in [-0.4, -0.2) is 30.6 Å². The van der Waals surface area contributed by atoms with Crippen LogP contribution in [0.1, 0.15) is 44.7 Å². The summed E-state index contributed by atoms with van der Waals surface area (Å²) in [4.78, 5) is 2.64. The molecule has 1 aliphatic heterocycles. The molecule has 0 aliphatic carbocycles. The third-order valence-electron chi connectivity index (χ3n) is 4.38. The van der Waals surface area contributed by atoms with E-state index in [-0.39, 0.29) is 0 Å². The molecule has 1 aliphatic rings. The van der Waals surface area contributed by atoms with Crippen LogP contribution in [0.4, 0.5) is 0 Å². The van der Waals surface area contributed by atoms with Gasteiger partial charge in [-0.1, -0.05) is 28.1 Å². The summed E-state index contributed by atoms with van der Waals surface area (Å²) in [6, 6.07) is 9.11. The highest BCUT2D eigenvalue weighted by Crippen LogP contribution is 2.29. The summed E-state index contributed by atoms with van der Waals surface area (Å²) in [5.74, 6) is 0. The van der Waals surface area contributed by atoms with Crippen molar-refractivity contribution in [3.05, 3.63) is 34.3 Å². The van der Waals surface area contributed by atoms with Gasteiger partial charge in [0.05, 0.1) is 0 Å². The van der Waals surface area contributed by atoms with Crippen molar-refractivity contribution >= 4 is 15.9 Å². The molecule has 106 valence electrons. The Bertz CT molecular complexity index is 400. The van der Waals surface area contributed by atoms with Crippen LogP contribution in [0.15, 0.2) is 28.7 Å². The van der Waals surface area contributed by atoms with Crippen molar-refractivity contribution in [3.63, 3.8) is 0 Å². The number of benzene rings is 1. The van der Waals surface area contributed by atoms with E-state index >= 15 is 0 Å². The Morgan fingerprint density at radius 3 is 2.53 bits per heavy atom. The Hall–Kier alpha value is -0.380. The minimum Gasteiger partial charge on any atom is -0.313 e. The lowest BCUT2D eigenvalue weighted by Crippen LogP contribution is -2.39. The van der Waals surface area contributed by atoms with Crippen molar-refractivity contribution in [2.45, 2.75) is 44.7 Å². The molecule has 0 bridgehead atoms. The number of halogens is 1. The number of nitrogens with zero attached hydrogens (tertiary/aromatic N) is 1. The van der Waals surface area contributed by atoms with E-state index in [4.69, 9.17) is 0 Å². The van der Waals surface area contributed by atoms with Crippen LogP contribution in [0.3, 0.4) is 0 Å². The Kier molecular flexibility index (Phi) is 5.04. The predicted octanol–water partition coefficient (Wildman–Crippen LogP) is 3.97. The normalized spacial score (nSPS) is 20.6. The summed E-state index contributed by atoms with van der Waals surface area (Å²) in [6.45, 7) is 7.17. The first-order chi connectivity index (χ1) is 9.03. The summed E-state index contributed by atoms with van der Waals surface area (Å²) in [6.07, 6.45) is 3.84. The van der Waals surface area contributed by atoms with Crippen molar-refractivity contribution in [1.29, 1.82) is 0 Å². The Morgan fingerprint density at radius 2 is 2.00 bits per heavy atom. The fourth-order valence-electron chi connectivity index (χ4n) is 3.04. The molecule has 1 N–H and O–H groups in total. The summed E-state index contributed by atoms with van der Waals surface area (Å²) < 4.78 is 1.15. The third-order valence-corrected chi connectivity index (χ3v) is 4.91. The molecule has 0 amide bonds. The summed E-state index contributed by atoms with van der Waals surface area (Å²) >= 11 is 3.50. The maximum atomic E-state index is 3.50. The number of hydrogen-bond donors (Lipinski definition) is 1. The van der Waals surface area contributed by atoms with Gasteiger partial charge >= 0.3 is 0 Å². The van der Waals surface area contributed by atoms with Crippen molar-refractivity contribution in [2.75, 3.05) is 20.1 Å². The van der Waals surface area contributed by atoms with Gasteiger partial charge in [0.25, 0.3) is 0 Å². The second-order valence-electron chi connectivity index (χ2n) is 6.08. The highest BCUT2D eigenvalue weighted by Gasteiger charge is 2.31. The van der Waals surface area contributed by atoms with Crippen LogP contribution in [0.25, 0.3) is 0 Å². The van der Waals surface area contributed by atoms with E-state index in [1.165, 1.54) is 37.9 Å². The molecule has 1 saturated heterocycles. The summed E-state index contributed by atoms with van der Waals surface area (Å²) in [7, 11) is 2.06. The molecule has 1 fully saturated rings. The van der Waals surface area contributed by atoms with Crippen LogP contribution in [0, 0.1) is 0 Å². The Labute approximate surface area is 125 Å². The van der Waals surface area contributed by atoms with Crippen molar-refractivity contribution < 1.29 is 0 Å². The van der Waals surface area contributed by atoms with Gasteiger partial charge in [-0.15, -0.1) is 0 Å². The number of nitrogens with one attached hydrogen (secondary N) is 1.